The molecule has 0 aromatic heterocycles. The molecule has 1 heteroatoms. The molecular formula is C16H14O. The Balaban J connectivity index is 2.09. The molecule has 0 fully saturated rings. The average molecular weight is 222 g/mol. The van der Waals surface area contributed by atoms with Crippen molar-refractivity contribution in [3.05, 3.63) is 71.3 Å². The van der Waals surface area contributed by atoms with Gasteiger partial charge in [-0.15, -0.1) is 0 Å². The van der Waals surface area contributed by atoms with Gasteiger partial charge in [-0.1, -0.05) is 60.7 Å². The van der Waals surface area contributed by atoms with Crippen LogP contribution in [0.2, 0.25) is 0 Å². The monoisotopic (exact) mass is 222 g/mol. The van der Waals surface area contributed by atoms with Crippen molar-refractivity contribution in [1.82, 2.24) is 0 Å². The van der Waals surface area contributed by atoms with Gasteiger partial charge >= 0.3 is 0 Å². The fourth-order valence-electron chi connectivity index (χ4n) is 2.51. The summed E-state index contributed by atoms with van der Waals surface area (Å²) in [6, 6.07) is 18.6. The van der Waals surface area contributed by atoms with Gasteiger partial charge in [0, 0.05) is 5.92 Å². The highest BCUT2D eigenvalue weighted by molar-refractivity contribution is 5.91. The lowest BCUT2D eigenvalue weighted by Gasteiger charge is -2.14. The van der Waals surface area contributed by atoms with Gasteiger partial charge in [0.05, 0.1) is 6.61 Å². The lowest BCUT2D eigenvalue weighted by atomic mass is 9.92. The Labute approximate surface area is 101 Å². The maximum absolute atomic E-state index is 9.60. The van der Waals surface area contributed by atoms with Gasteiger partial charge in [-0.05, 0) is 22.3 Å². The first-order valence-electron chi connectivity index (χ1n) is 5.87. The van der Waals surface area contributed by atoms with Crippen LogP contribution < -0.4 is 0 Å². The lowest BCUT2D eigenvalue weighted by Crippen LogP contribution is -2.03. The summed E-state index contributed by atoms with van der Waals surface area (Å²) in [5.74, 6) is 0.119. The summed E-state index contributed by atoms with van der Waals surface area (Å²) in [6.07, 6.45) is 2.19. The SMILES string of the molecule is OCC1C(c2ccccc2)=Cc2ccccc21. The second-order valence-corrected chi connectivity index (χ2v) is 4.33. The second-order valence-electron chi connectivity index (χ2n) is 4.33. The highest BCUT2D eigenvalue weighted by atomic mass is 16.3. The molecule has 2 aromatic carbocycles. The smallest absolute Gasteiger partial charge is 0.0540 e. The molecule has 1 nitrogen and oxygen atoms in total. The first kappa shape index (κ1) is 10.3. The van der Waals surface area contributed by atoms with Crippen LogP contribution in [0, 0.1) is 0 Å². The predicted octanol–water partition coefficient (Wildman–Crippen LogP) is 3.32. The van der Waals surface area contributed by atoms with Crippen molar-refractivity contribution in [1.29, 1.82) is 0 Å². The largest absolute Gasteiger partial charge is 0.395 e. The van der Waals surface area contributed by atoms with Crippen molar-refractivity contribution in [2.45, 2.75) is 5.92 Å². The van der Waals surface area contributed by atoms with Crippen LogP contribution in [0.5, 0.6) is 0 Å². The van der Waals surface area contributed by atoms with Crippen molar-refractivity contribution in [2.75, 3.05) is 6.61 Å². The van der Waals surface area contributed by atoms with Crippen LogP contribution in [-0.4, -0.2) is 11.7 Å². The van der Waals surface area contributed by atoms with E-state index in [1.165, 1.54) is 22.3 Å². The number of aliphatic hydroxyl groups is 1. The van der Waals surface area contributed by atoms with Crippen LogP contribution in [-0.2, 0) is 0 Å². The summed E-state index contributed by atoms with van der Waals surface area (Å²) in [5.41, 5.74) is 4.87. The Morgan fingerprint density at radius 1 is 0.882 bits per heavy atom. The van der Waals surface area contributed by atoms with Gasteiger partial charge in [0.15, 0.2) is 0 Å². The van der Waals surface area contributed by atoms with Crippen molar-refractivity contribution < 1.29 is 5.11 Å². The molecule has 0 saturated carbocycles. The Bertz CT molecular complexity index is 555. The van der Waals surface area contributed by atoms with E-state index in [1.807, 2.05) is 30.3 Å². The molecule has 0 radical (unpaired) electrons. The van der Waals surface area contributed by atoms with Crippen LogP contribution in [0.25, 0.3) is 11.6 Å². The fourth-order valence-corrected chi connectivity index (χ4v) is 2.51. The van der Waals surface area contributed by atoms with Gasteiger partial charge in [0.2, 0.25) is 0 Å². The van der Waals surface area contributed by atoms with E-state index >= 15 is 0 Å². The van der Waals surface area contributed by atoms with E-state index in [-0.39, 0.29) is 12.5 Å². The number of hydrogen-bond acceptors (Lipinski definition) is 1. The van der Waals surface area contributed by atoms with E-state index < -0.39 is 0 Å². The Morgan fingerprint density at radius 2 is 1.59 bits per heavy atom. The maximum atomic E-state index is 9.60. The third-order valence-electron chi connectivity index (χ3n) is 3.35. The fraction of sp³-hybridized carbons (Fsp3) is 0.125. The van der Waals surface area contributed by atoms with E-state index in [9.17, 15) is 5.11 Å². The molecule has 1 aliphatic carbocycles. The van der Waals surface area contributed by atoms with Crippen molar-refractivity contribution in [3.8, 4) is 0 Å². The summed E-state index contributed by atoms with van der Waals surface area (Å²) in [4.78, 5) is 0. The number of aliphatic hydroxyl groups excluding tert-OH is 1. The average Bonchev–Trinajstić information content (AvgIpc) is 2.78. The molecule has 1 atom stereocenters. The summed E-state index contributed by atoms with van der Waals surface area (Å²) >= 11 is 0. The molecule has 0 aliphatic heterocycles. The number of benzene rings is 2. The minimum absolute atomic E-state index is 0.119. The topological polar surface area (TPSA) is 20.2 Å². The molecule has 0 heterocycles. The zero-order valence-electron chi connectivity index (χ0n) is 9.51. The summed E-state index contributed by atoms with van der Waals surface area (Å²) in [7, 11) is 0. The van der Waals surface area contributed by atoms with Crippen LogP contribution in [0.15, 0.2) is 54.6 Å². The van der Waals surface area contributed by atoms with Gasteiger partial charge in [0.1, 0.15) is 0 Å². The zero-order valence-corrected chi connectivity index (χ0v) is 9.51. The zero-order chi connectivity index (χ0) is 11.7. The number of hydrogen-bond donors (Lipinski definition) is 1. The molecule has 0 spiro atoms. The number of rotatable bonds is 2. The van der Waals surface area contributed by atoms with Gasteiger partial charge in [-0.25, -0.2) is 0 Å². The molecular weight excluding hydrogens is 208 g/mol. The lowest BCUT2D eigenvalue weighted by molar-refractivity contribution is 0.287. The normalized spacial score (nSPS) is 17.7. The van der Waals surface area contributed by atoms with E-state index in [0.29, 0.717) is 0 Å². The Kier molecular flexibility index (Phi) is 2.54. The molecule has 1 unspecified atom stereocenters. The van der Waals surface area contributed by atoms with Crippen LogP contribution in [0.4, 0.5) is 0 Å². The molecule has 0 amide bonds. The Hall–Kier alpha value is -1.86. The molecule has 17 heavy (non-hydrogen) atoms. The van der Waals surface area contributed by atoms with Crippen molar-refractivity contribution in [3.63, 3.8) is 0 Å². The maximum Gasteiger partial charge on any atom is 0.0540 e. The van der Waals surface area contributed by atoms with Gasteiger partial charge in [-0.2, -0.15) is 0 Å². The van der Waals surface area contributed by atoms with Crippen molar-refractivity contribution >= 4 is 11.6 Å². The van der Waals surface area contributed by atoms with Gasteiger partial charge in [-0.3, -0.25) is 0 Å². The summed E-state index contributed by atoms with van der Waals surface area (Å²) < 4.78 is 0. The highest BCUT2D eigenvalue weighted by Crippen LogP contribution is 2.41. The Morgan fingerprint density at radius 3 is 2.35 bits per heavy atom. The molecule has 84 valence electrons. The molecule has 1 aliphatic rings. The van der Waals surface area contributed by atoms with Crippen LogP contribution in [0.1, 0.15) is 22.6 Å². The van der Waals surface area contributed by atoms with E-state index in [1.54, 1.807) is 0 Å². The van der Waals surface area contributed by atoms with E-state index in [4.69, 9.17) is 0 Å². The third kappa shape index (κ3) is 1.69. The van der Waals surface area contributed by atoms with E-state index in [0.717, 1.165) is 0 Å². The van der Waals surface area contributed by atoms with Crippen molar-refractivity contribution in [2.24, 2.45) is 0 Å². The predicted molar refractivity (Wildman–Crippen MR) is 70.6 cm³/mol. The molecule has 2 aromatic rings. The van der Waals surface area contributed by atoms with Crippen LogP contribution >= 0.6 is 0 Å². The van der Waals surface area contributed by atoms with E-state index in [2.05, 4.69) is 30.3 Å². The highest BCUT2D eigenvalue weighted by Gasteiger charge is 2.24. The summed E-state index contributed by atoms with van der Waals surface area (Å²) in [5, 5.41) is 9.60. The third-order valence-corrected chi connectivity index (χ3v) is 3.35. The molecule has 0 bridgehead atoms. The number of fused-ring (bicyclic) bond motifs is 1. The quantitative estimate of drug-likeness (QED) is 0.826. The minimum Gasteiger partial charge on any atom is -0.395 e. The summed E-state index contributed by atoms with van der Waals surface area (Å²) in [6.45, 7) is 0.164. The first-order chi connectivity index (χ1) is 8.40. The molecule has 0 saturated heterocycles. The van der Waals surface area contributed by atoms with Crippen LogP contribution in [0.3, 0.4) is 0 Å². The molecule has 1 N–H and O–H groups in total. The van der Waals surface area contributed by atoms with Gasteiger partial charge < -0.3 is 5.11 Å². The molecule has 3 rings (SSSR count). The minimum atomic E-state index is 0.119. The first-order valence-corrected chi connectivity index (χ1v) is 5.87. The second kappa shape index (κ2) is 4.19. The standard InChI is InChI=1S/C16H14O/c17-11-16-14-9-5-4-8-13(14)10-15(16)12-6-2-1-3-7-12/h1-10,16-17H,11H2. The van der Waals surface area contributed by atoms with Gasteiger partial charge in [0.25, 0.3) is 0 Å².